The van der Waals surface area contributed by atoms with Crippen LogP contribution in [0.4, 0.5) is 9.18 Å². The molecular formula is C18H20FN3O4. The zero-order valence-corrected chi connectivity index (χ0v) is 14.7. The lowest BCUT2D eigenvalue weighted by Gasteiger charge is -2.18. The highest BCUT2D eigenvalue weighted by molar-refractivity contribution is 5.95. The Kier molecular flexibility index (Phi) is 6.37. The Balaban J connectivity index is 1.91. The van der Waals surface area contributed by atoms with Crippen LogP contribution in [0.2, 0.25) is 0 Å². The average Bonchev–Trinajstić information content (AvgIpc) is 2.66. The van der Waals surface area contributed by atoms with Crippen molar-refractivity contribution in [2.75, 3.05) is 21.3 Å². The summed E-state index contributed by atoms with van der Waals surface area (Å²) in [6, 6.07) is 9.94. The number of halogens is 1. The largest absolute Gasteiger partial charge is 0.493 e. The monoisotopic (exact) mass is 361 g/mol. The summed E-state index contributed by atoms with van der Waals surface area (Å²) in [4.78, 5) is 25.6. The van der Waals surface area contributed by atoms with Gasteiger partial charge in [-0.3, -0.25) is 10.2 Å². The van der Waals surface area contributed by atoms with Gasteiger partial charge in [0.05, 0.1) is 14.2 Å². The minimum atomic E-state index is -0.511. The van der Waals surface area contributed by atoms with Crippen molar-refractivity contribution in [3.8, 4) is 11.5 Å². The Morgan fingerprint density at radius 2 is 1.65 bits per heavy atom. The van der Waals surface area contributed by atoms with Crippen molar-refractivity contribution >= 4 is 11.9 Å². The second kappa shape index (κ2) is 8.70. The number of rotatable bonds is 5. The van der Waals surface area contributed by atoms with Crippen LogP contribution in [-0.4, -0.2) is 38.1 Å². The van der Waals surface area contributed by atoms with Crippen LogP contribution >= 0.6 is 0 Å². The van der Waals surface area contributed by atoms with Crippen molar-refractivity contribution in [3.05, 3.63) is 59.4 Å². The Morgan fingerprint density at radius 1 is 1.00 bits per heavy atom. The topological polar surface area (TPSA) is 79.9 Å². The van der Waals surface area contributed by atoms with E-state index in [-0.39, 0.29) is 12.4 Å². The minimum absolute atomic E-state index is 0.262. The third kappa shape index (κ3) is 4.85. The maximum atomic E-state index is 12.9. The molecule has 0 aliphatic heterocycles. The van der Waals surface area contributed by atoms with Crippen LogP contribution in [0.15, 0.2) is 42.5 Å². The molecule has 8 heteroatoms. The molecule has 0 atom stereocenters. The summed E-state index contributed by atoms with van der Waals surface area (Å²) in [7, 11) is 4.52. The van der Waals surface area contributed by atoms with Crippen molar-refractivity contribution in [2.24, 2.45) is 0 Å². The molecule has 0 aliphatic rings. The Hall–Kier alpha value is -3.29. The van der Waals surface area contributed by atoms with E-state index in [4.69, 9.17) is 9.47 Å². The first-order valence-electron chi connectivity index (χ1n) is 7.72. The number of carbonyl (C=O) groups is 2. The average molecular weight is 361 g/mol. The number of nitrogens with zero attached hydrogens (tertiary/aromatic N) is 1. The molecule has 0 saturated carbocycles. The smallest absolute Gasteiger partial charge is 0.336 e. The van der Waals surface area contributed by atoms with Gasteiger partial charge in [0.25, 0.3) is 5.91 Å². The molecule has 0 fully saturated rings. The molecule has 3 amide bonds. The van der Waals surface area contributed by atoms with Crippen LogP contribution in [0.5, 0.6) is 11.5 Å². The van der Waals surface area contributed by atoms with E-state index in [1.165, 1.54) is 37.3 Å². The van der Waals surface area contributed by atoms with E-state index in [2.05, 4.69) is 10.9 Å². The lowest BCUT2D eigenvalue weighted by Crippen LogP contribution is -2.47. The first-order chi connectivity index (χ1) is 12.4. The normalized spacial score (nSPS) is 10.0. The summed E-state index contributed by atoms with van der Waals surface area (Å²) in [5.74, 6) is 0.0459. The number of benzene rings is 2. The predicted octanol–water partition coefficient (Wildman–Crippen LogP) is 2.33. The number of hydrogen-bond donors (Lipinski definition) is 2. The summed E-state index contributed by atoms with van der Waals surface area (Å²) >= 11 is 0. The lowest BCUT2D eigenvalue weighted by molar-refractivity contribution is 0.0930. The van der Waals surface area contributed by atoms with Crippen LogP contribution < -0.4 is 20.3 Å². The predicted molar refractivity (Wildman–Crippen MR) is 93.4 cm³/mol. The van der Waals surface area contributed by atoms with E-state index in [0.29, 0.717) is 17.1 Å². The van der Waals surface area contributed by atoms with Crippen molar-refractivity contribution in [1.29, 1.82) is 0 Å². The molecule has 0 heterocycles. The van der Waals surface area contributed by atoms with E-state index in [1.807, 2.05) is 0 Å². The first-order valence-corrected chi connectivity index (χ1v) is 7.72. The highest BCUT2D eigenvalue weighted by Gasteiger charge is 2.13. The second-order valence-electron chi connectivity index (χ2n) is 5.44. The van der Waals surface area contributed by atoms with E-state index in [1.54, 1.807) is 31.3 Å². The van der Waals surface area contributed by atoms with E-state index >= 15 is 0 Å². The van der Waals surface area contributed by atoms with Crippen molar-refractivity contribution in [1.82, 2.24) is 15.8 Å². The summed E-state index contributed by atoms with van der Waals surface area (Å²) in [6.07, 6.45) is 0. The fraction of sp³-hybridized carbons (Fsp3) is 0.222. The molecule has 0 radical (unpaired) electrons. The van der Waals surface area contributed by atoms with Gasteiger partial charge in [-0.25, -0.2) is 14.6 Å². The molecule has 2 aromatic rings. The van der Waals surface area contributed by atoms with E-state index < -0.39 is 11.9 Å². The molecule has 2 aromatic carbocycles. The van der Waals surface area contributed by atoms with E-state index in [0.717, 1.165) is 5.56 Å². The zero-order valence-electron chi connectivity index (χ0n) is 14.7. The third-order valence-corrected chi connectivity index (χ3v) is 3.61. The van der Waals surface area contributed by atoms with Gasteiger partial charge in [0, 0.05) is 19.2 Å². The number of nitrogens with one attached hydrogen (secondary N) is 2. The number of hydrazine groups is 1. The summed E-state index contributed by atoms with van der Waals surface area (Å²) in [5.41, 5.74) is 5.70. The Labute approximate surface area is 150 Å². The molecule has 2 rings (SSSR count). The van der Waals surface area contributed by atoms with Gasteiger partial charge in [0.1, 0.15) is 5.82 Å². The number of methoxy groups -OCH3 is 2. The quantitative estimate of drug-likeness (QED) is 0.801. The number of amides is 3. The molecule has 0 aliphatic carbocycles. The standard InChI is InChI=1S/C18H20FN3O4/c1-22(11-12-4-7-14(19)8-5-12)18(24)21-20-17(23)13-6-9-15(25-2)16(10-13)26-3/h4-10H,11H2,1-3H3,(H,20,23)(H,21,24). The molecule has 0 saturated heterocycles. The lowest BCUT2D eigenvalue weighted by atomic mass is 10.2. The fourth-order valence-electron chi connectivity index (χ4n) is 2.19. The zero-order chi connectivity index (χ0) is 19.1. The molecule has 0 spiro atoms. The summed E-state index contributed by atoms with van der Waals surface area (Å²) in [6.45, 7) is 0.262. The van der Waals surface area contributed by atoms with Gasteiger partial charge >= 0.3 is 6.03 Å². The van der Waals surface area contributed by atoms with Gasteiger partial charge in [-0.2, -0.15) is 0 Å². The Bertz CT molecular complexity index is 781. The minimum Gasteiger partial charge on any atom is -0.493 e. The van der Waals surface area contributed by atoms with Crippen LogP contribution in [0.3, 0.4) is 0 Å². The number of ether oxygens (including phenoxy) is 2. The highest BCUT2D eigenvalue weighted by atomic mass is 19.1. The number of urea groups is 1. The van der Waals surface area contributed by atoms with Crippen molar-refractivity contribution in [3.63, 3.8) is 0 Å². The van der Waals surface area contributed by atoms with Gasteiger partial charge < -0.3 is 14.4 Å². The molecule has 7 nitrogen and oxygen atoms in total. The van der Waals surface area contributed by atoms with Gasteiger partial charge in [-0.05, 0) is 35.9 Å². The fourth-order valence-corrected chi connectivity index (χ4v) is 2.19. The Morgan fingerprint density at radius 3 is 2.27 bits per heavy atom. The SMILES string of the molecule is COc1ccc(C(=O)NNC(=O)N(C)Cc2ccc(F)cc2)cc1OC. The second-order valence-corrected chi connectivity index (χ2v) is 5.44. The molecular weight excluding hydrogens is 341 g/mol. The van der Waals surface area contributed by atoms with Gasteiger partial charge in [-0.15, -0.1) is 0 Å². The van der Waals surface area contributed by atoms with Crippen LogP contribution in [0.25, 0.3) is 0 Å². The maximum Gasteiger partial charge on any atom is 0.336 e. The van der Waals surface area contributed by atoms with Crippen LogP contribution in [0, 0.1) is 5.82 Å². The van der Waals surface area contributed by atoms with Crippen LogP contribution in [0.1, 0.15) is 15.9 Å². The molecule has 0 aromatic heterocycles. The van der Waals surface area contributed by atoms with Crippen LogP contribution in [-0.2, 0) is 6.54 Å². The maximum absolute atomic E-state index is 12.9. The van der Waals surface area contributed by atoms with E-state index in [9.17, 15) is 14.0 Å². The number of hydrogen-bond acceptors (Lipinski definition) is 4. The molecule has 2 N–H and O–H groups in total. The molecule has 0 bridgehead atoms. The van der Waals surface area contributed by atoms with Crippen molar-refractivity contribution < 1.29 is 23.5 Å². The third-order valence-electron chi connectivity index (χ3n) is 3.61. The molecule has 138 valence electrons. The van der Waals surface area contributed by atoms with Crippen molar-refractivity contribution in [2.45, 2.75) is 6.54 Å². The van der Waals surface area contributed by atoms with Gasteiger partial charge in [0.2, 0.25) is 0 Å². The molecule has 26 heavy (non-hydrogen) atoms. The summed E-state index contributed by atoms with van der Waals surface area (Å²) in [5, 5.41) is 0. The highest BCUT2D eigenvalue weighted by Crippen LogP contribution is 2.27. The van der Waals surface area contributed by atoms with Gasteiger partial charge in [-0.1, -0.05) is 12.1 Å². The van der Waals surface area contributed by atoms with Gasteiger partial charge in [0.15, 0.2) is 11.5 Å². The first kappa shape index (κ1) is 19.0. The molecule has 0 unspecified atom stereocenters. The number of carbonyl (C=O) groups excluding carboxylic acids is 2. The summed E-state index contributed by atoms with van der Waals surface area (Å²) < 4.78 is 23.1.